The summed E-state index contributed by atoms with van der Waals surface area (Å²) in [5.41, 5.74) is 1.32. The lowest BCUT2D eigenvalue weighted by Gasteiger charge is -2.32. The van der Waals surface area contributed by atoms with E-state index >= 15 is 0 Å². The van der Waals surface area contributed by atoms with Crippen LogP contribution in [-0.2, 0) is 6.54 Å². The summed E-state index contributed by atoms with van der Waals surface area (Å²) >= 11 is 0. The van der Waals surface area contributed by atoms with E-state index in [2.05, 4.69) is 29.4 Å². The maximum absolute atomic E-state index is 5.45. The Morgan fingerprint density at radius 1 is 1.26 bits per heavy atom. The zero-order valence-electron chi connectivity index (χ0n) is 12.2. The van der Waals surface area contributed by atoms with Gasteiger partial charge in [-0.1, -0.05) is 18.6 Å². The number of hydrogen-bond acceptors (Lipinski definition) is 3. The summed E-state index contributed by atoms with van der Waals surface area (Å²) in [4.78, 5) is 2.48. The molecule has 0 amide bonds. The van der Waals surface area contributed by atoms with Gasteiger partial charge < -0.3 is 15.0 Å². The molecule has 0 spiro atoms. The Balaban J connectivity index is 1.72. The van der Waals surface area contributed by atoms with Crippen LogP contribution in [0.1, 0.15) is 31.7 Å². The smallest absolute Gasteiger partial charge is 0.119 e. The summed E-state index contributed by atoms with van der Waals surface area (Å²) in [6.45, 7) is 6.01. The topological polar surface area (TPSA) is 24.5 Å². The summed E-state index contributed by atoms with van der Waals surface area (Å²) in [7, 11) is 2.24. The van der Waals surface area contributed by atoms with Gasteiger partial charge in [-0.2, -0.15) is 0 Å². The second kappa shape index (κ2) is 7.51. The van der Waals surface area contributed by atoms with Crippen molar-refractivity contribution in [2.24, 2.45) is 0 Å². The Morgan fingerprint density at radius 3 is 2.74 bits per heavy atom. The van der Waals surface area contributed by atoms with Crippen LogP contribution in [0.2, 0.25) is 0 Å². The molecule has 1 saturated heterocycles. The van der Waals surface area contributed by atoms with Gasteiger partial charge in [0.25, 0.3) is 0 Å². The molecule has 1 atom stereocenters. The summed E-state index contributed by atoms with van der Waals surface area (Å²) in [6, 6.07) is 9.09. The van der Waals surface area contributed by atoms with Gasteiger partial charge in [-0.15, -0.1) is 0 Å². The van der Waals surface area contributed by atoms with Gasteiger partial charge in [0.2, 0.25) is 0 Å². The molecule has 0 radical (unpaired) electrons. The second-order valence-electron chi connectivity index (χ2n) is 5.34. The van der Waals surface area contributed by atoms with Crippen molar-refractivity contribution in [1.29, 1.82) is 0 Å². The summed E-state index contributed by atoms with van der Waals surface area (Å²) in [5.74, 6) is 0.957. The van der Waals surface area contributed by atoms with Crippen LogP contribution in [0.15, 0.2) is 24.3 Å². The first-order valence-corrected chi connectivity index (χ1v) is 7.42. The number of nitrogens with one attached hydrogen (secondary N) is 1. The van der Waals surface area contributed by atoms with Crippen molar-refractivity contribution in [3.63, 3.8) is 0 Å². The van der Waals surface area contributed by atoms with Gasteiger partial charge in [0, 0.05) is 19.1 Å². The Morgan fingerprint density at radius 2 is 2.05 bits per heavy atom. The van der Waals surface area contributed by atoms with Crippen molar-refractivity contribution in [1.82, 2.24) is 10.2 Å². The SMILES string of the molecule is CCOc1ccc(CNCC2CCCCN2C)cc1. The van der Waals surface area contributed by atoms with Crippen molar-refractivity contribution in [2.75, 3.05) is 26.7 Å². The zero-order valence-corrected chi connectivity index (χ0v) is 12.2. The fraction of sp³-hybridized carbons (Fsp3) is 0.625. The van der Waals surface area contributed by atoms with Crippen molar-refractivity contribution in [3.8, 4) is 5.75 Å². The van der Waals surface area contributed by atoms with E-state index in [1.807, 2.05) is 19.1 Å². The molecule has 0 aliphatic carbocycles. The number of ether oxygens (including phenoxy) is 1. The molecular weight excluding hydrogens is 236 g/mol. The minimum Gasteiger partial charge on any atom is -0.494 e. The maximum atomic E-state index is 5.45. The zero-order chi connectivity index (χ0) is 13.5. The van der Waals surface area contributed by atoms with Crippen LogP contribution in [0, 0.1) is 0 Å². The molecule has 1 heterocycles. The quantitative estimate of drug-likeness (QED) is 0.853. The molecule has 1 aromatic rings. The van der Waals surface area contributed by atoms with E-state index in [0.29, 0.717) is 6.04 Å². The van der Waals surface area contributed by atoms with E-state index < -0.39 is 0 Å². The standard InChI is InChI=1S/C16H26N2O/c1-3-19-16-9-7-14(8-10-16)12-17-13-15-6-4-5-11-18(15)2/h7-10,15,17H,3-6,11-13H2,1-2H3. The fourth-order valence-corrected chi connectivity index (χ4v) is 2.66. The predicted molar refractivity (Wildman–Crippen MR) is 79.6 cm³/mol. The maximum Gasteiger partial charge on any atom is 0.119 e. The highest BCUT2D eigenvalue weighted by Gasteiger charge is 2.17. The summed E-state index contributed by atoms with van der Waals surface area (Å²) in [6.07, 6.45) is 4.05. The molecule has 1 aromatic carbocycles. The molecule has 2 rings (SSSR count). The lowest BCUT2D eigenvalue weighted by Crippen LogP contribution is -2.42. The number of hydrogen-bond donors (Lipinski definition) is 1. The monoisotopic (exact) mass is 262 g/mol. The number of piperidine rings is 1. The first-order chi connectivity index (χ1) is 9.29. The highest BCUT2D eigenvalue weighted by Crippen LogP contribution is 2.15. The van der Waals surface area contributed by atoms with E-state index in [0.717, 1.165) is 25.4 Å². The number of likely N-dealkylation sites (N-methyl/N-ethyl adjacent to an activating group) is 1. The van der Waals surface area contributed by atoms with Gasteiger partial charge in [-0.05, 0) is 51.1 Å². The summed E-state index contributed by atoms with van der Waals surface area (Å²) < 4.78 is 5.45. The van der Waals surface area contributed by atoms with Gasteiger partial charge in [0.05, 0.1) is 6.61 Å². The molecule has 106 valence electrons. The van der Waals surface area contributed by atoms with E-state index in [1.54, 1.807) is 0 Å². The number of nitrogens with zero attached hydrogens (tertiary/aromatic N) is 1. The third-order valence-corrected chi connectivity index (χ3v) is 3.86. The average molecular weight is 262 g/mol. The average Bonchev–Trinajstić information content (AvgIpc) is 2.43. The van der Waals surface area contributed by atoms with Crippen LogP contribution in [0.3, 0.4) is 0 Å². The largest absolute Gasteiger partial charge is 0.494 e. The van der Waals surface area contributed by atoms with Gasteiger partial charge in [0.1, 0.15) is 5.75 Å². The Kier molecular flexibility index (Phi) is 5.67. The van der Waals surface area contributed by atoms with E-state index in [9.17, 15) is 0 Å². The molecule has 1 aliphatic heterocycles. The highest BCUT2D eigenvalue weighted by molar-refractivity contribution is 5.27. The Bertz CT molecular complexity index is 364. The lowest BCUT2D eigenvalue weighted by molar-refractivity contribution is 0.181. The molecule has 3 nitrogen and oxygen atoms in total. The van der Waals surface area contributed by atoms with Gasteiger partial charge in [-0.25, -0.2) is 0 Å². The lowest BCUT2D eigenvalue weighted by atomic mass is 10.0. The second-order valence-corrected chi connectivity index (χ2v) is 5.34. The van der Waals surface area contributed by atoms with Crippen LogP contribution in [-0.4, -0.2) is 37.7 Å². The van der Waals surface area contributed by atoms with Crippen molar-refractivity contribution >= 4 is 0 Å². The normalized spacial score (nSPS) is 20.4. The fourth-order valence-electron chi connectivity index (χ4n) is 2.66. The Labute approximate surface area is 116 Å². The van der Waals surface area contributed by atoms with Gasteiger partial charge in [-0.3, -0.25) is 0 Å². The van der Waals surface area contributed by atoms with Crippen molar-refractivity contribution in [3.05, 3.63) is 29.8 Å². The highest BCUT2D eigenvalue weighted by atomic mass is 16.5. The van der Waals surface area contributed by atoms with Crippen LogP contribution < -0.4 is 10.1 Å². The number of rotatable bonds is 6. The molecule has 0 saturated carbocycles. The van der Waals surface area contributed by atoms with Crippen LogP contribution in [0.25, 0.3) is 0 Å². The summed E-state index contributed by atoms with van der Waals surface area (Å²) in [5, 5.41) is 3.57. The predicted octanol–water partition coefficient (Wildman–Crippen LogP) is 2.66. The molecule has 1 fully saturated rings. The molecule has 1 N–H and O–H groups in total. The van der Waals surface area contributed by atoms with Crippen LogP contribution in [0.4, 0.5) is 0 Å². The molecule has 0 aromatic heterocycles. The van der Waals surface area contributed by atoms with Crippen LogP contribution >= 0.6 is 0 Å². The third-order valence-electron chi connectivity index (χ3n) is 3.86. The van der Waals surface area contributed by atoms with E-state index in [1.165, 1.54) is 31.4 Å². The van der Waals surface area contributed by atoms with Crippen molar-refractivity contribution < 1.29 is 4.74 Å². The molecule has 1 aliphatic rings. The van der Waals surface area contributed by atoms with Crippen molar-refractivity contribution in [2.45, 2.75) is 38.8 Å². The molecule has 1 unspecified atom stereocenters. The Hall–Kier alpha value is -1.06. The van der Waals surface area contributed by atoms with Gasteiger partial charge >= 0.3 is 0 Å². The molecular formula is C16H26N2O. The number of likely N-dealkylation sites (tertiary alicyclic amines) is 1. The number of benzene rings is 1. The minimum atomic E-state index is 0.705. The van der Waals surface area contributed by atoms with Gasteiger partial charge in [0.15, 0.2) is 0 Å². The van der Waals surface area contributed by atoms with E-state index in [-0.39, 0.29) is 0 Å². The first-order valence-electron chi connectivity index (χ1n) is 7.42. The molecule has 3 heteroatoms. The molecule has 0 bridgehead atoms. The third kappa shape index (κ3) is 4.51. The molecule has 19 heavy (non-hydrogen) atoms. The van der Waals surface area contributed by atoms with Crippen LogP contribution in [0.5, 0.6) is 5.75 Å². The minimum absolute atomic E-state index is 0.705. The first kappa shape index (κ1) is 14.4. The van der Waals surface area contributed by atoms with E-state index in [4.69, 9.17) is 4.74 Å².